The van der Waals surface area contributed by atoms with Crippen molar-refractivity contribution < 1.29 is 22.9 Å². The topological polar surface area (TPSA) is 130 Å². The quantitative estimate of drug-likeness (QED) is 0.266. The molecule has 10 nitrogen and oxygen atoms in total. The Bertz CT molecular complexity index is 1380. The van der Waals surface area contributed by atoms with Crippen LogP contribution < -0.4 is 9.62 Å². The first kappa shape index (κ1) is 29.3. The van der Waals surface area contributed by atoms with Gasteiger partial charge in [0, 0.05) is 24.7 Å². The van der Waals surface area contributed by atoms with Gasteiger partial charge in [-0.3, -0.25) is 24.0 Å². The molecule has 0 aliphatic rings. The third-order valence-corrected chi connectivity index (χ3v) is 8.11. The van der Waals surface area contributed by atoms with Gasteiger partial charge in [0.2, 0.25) is 11.8 Å². The average Bonchev–Trinajstić information content (AvgIpc) is 2.95. The highest BCUT2D eigenvalue weighted by atomic mass is 32.2. The number of benzene rings is 3. The maximum atomic E-state index is 13.8. The molecule has 0 aliphatic heterocycles. The molecule has 0 bridgehead atoms. The van der Waals surface area contributed by atoms with E-state index < -0.39 is 33.4 Å². The number of sulfonamides is 1. The molecule has 2 amide bonds. The average molecular weight is 553 g/mol. The zero-order chi connectivity index (χ0) is 28.6. The molecule has 0 fully saturated rings. The summed E-state index contributed by atoms with van der Waals surface area (Å²) in [5.74, 6) is -0.968. The van der Waals surface area contributed by atoms with Crippen molar-refractivity contribution in [3.05, 3.63) is 101 Å². The lowest BCUT2D eigenvalue weighted by Crippen LogP contribution is -2.52. The molecule has 0 unspecified atom stereocenters. The molecule has 0 saturated heterocycles. The van der Waals surface area contributed by atoms with Crippen molar-refractivity contribution >= 4 is 33.2 Å². The van der Waals surface area contributed by atoms with Gasteiger partial charge in [0.15, 0.2) is 0 Å². The summed E-state index contributed by atoms with van der Waals surface area (Å²) in [7, 11) is -4.24. The van der Waals surface area contributed by atoms with Crippen molar-refractivity contribution in [1.29, 1.82) is 0 Å². The van der Waals surface area contributed by atoms with Gasteiger partial charge < -0.3 is 10.2 Å². The molecule has 3 rings (SSSR count). The summed E-state index contributed by atoms with van der Waals surface area (Å²) < 4.78 is 28.3. The summed E-state index contributed by atoms with van der Waals surface area (Å²) in [5.41, 5.74) is 0.624. The SMILES string of the molecule is CC[C@H](C)NC(=O)[C@H](C)N(Cc1ccccc1)C(=O)CN(c1ccc([N+](=O)[O-])cc1)S(=O)(=O)c1ccccc1. The Morgan fingerprint density at radius 2 is 1.49 bits per heavy atom. The summed E-state index contributed by atoms with van der Waals surface area (Å²) in [6, 6.07) is 20.6. The van der Waals surface area contributed by atoms with E-state index in [4.69, 9.17) is 0 Å². The zero-order valence-corrected chi connectivity index (χ0v) is 22.9. The van der Waals surface area contributed by atoms with Gasteiger partial charge in [-0.1, -0.05) is 55.5 Å². The molecule has 3 aromatic carbocycles. The summed E-state index contributed by atoms with van der Waals surface area (Å²) in [4.78, 5) is 38.7. The second-order valence-corrected chi connectivity index (χ2v) is 11.0. The number of nitro groups is 1. The minimum atomic E-state index is -4.24. The molecular formula is C28H32N4O6S. The standard InChI is InChI=1S/C28H32N4O6S/c1-4-21(2)29-28(34)22(3)30(19-23-11-7-5-8-12-23)27(33)20-31(24-15-17-25(18-16-24)32(35)36)39(37,38)26-13-9-6-10-14-26/h5-18,21-22H,4,19-20H2,1-3H3,(H,29,34)/t21-,22-/m0/s1. The molecular weight excluding hydrogens is 520 g/mol. The molecule has 0 aliphatic carbocycles. The van der Waals surface area contributed by atoms with Crippen LogP contribution in [0.15, 0.2) is 89.8 Å². The Hall–Kier alpha value is -4.25. The van der Waals surface area contributed by atoms with Crippen LogP contribution in [0.2, 0.25) is 0 Å². The maximum absolute atomic E-state index is 13.8. The van der Waals surface area contributed by atoms with Crippen molar-refractivity contribution in [1.82, 2.24) is 10.2 Å². The fourth-order valence-corrected chi connectivity index (χ4v) is 5.25. The minimum absolute atomic E-state index is 0.0478. The molecule has 0 radical (unpaired) electrons. The highest BCUT2D eigenvalue weighted by Gasteiger charge is 2.33. The lowest BCUT2D eigenvalue weighted by molar-refractivity contribution is -0.384. The van der Waals surface area contributed by atoms with Crippen LogP contribution in [0.5, 0.6) is 0 Å². The van der Waals surface area contributed by atoms with Crippen LogP contribution in [0.4, 0.5) is 11.4 Å². The van der Waals surface area contributed by atoms with Gasteiger partial charge in [0.25, 0.3) is 15.7 Å². The molecule has 0 aromatic heterocycles. The monoisotopic (exact) mass is 552 g/mol. The number of hydrogen-bond donors (Lipinski definition) is 1. The van der Waals surface area contributed by atoms with E-state index >= 15 is 0 Å². The van der Waals surface area contributed by atoms with Gasteiger partial charge in [-0.25, -0.2) is 8.42 Å². The van der Waals surface area contributed by atoms with Gasteiger partial charge in [0.05, 0.1) is 15.5 Å². The number of carbonyl (C=O) groups excluding carboxylic acids is 2. The van der Waals surface area contributed by atoms with Crippen LogP contribution >= 0.6 is 0 Å². The van der Waals surface area contributed by atoms with Crippen molar-refractivity contribution in [2.75, 3.05) is 10.8 Å². The second kappa shape index (κ2) is 13.0. The first-order chi connectivity index (χ1) is 18.5. The number of rotatable bonds is 12. The van der Waals surface area contributed by atoms with E-state index in [1.165, 1.54) is 41.3 Å². The van der Waals surface area contributed by atoms with E-state index in [1.807, 2.05) is 44.2 Å². The number of nitrogens with one attached hydrogen (secondary N) is 1. The summed E-state index contributed by atoms with van der Waals surface area (Å²) in [6.07, 6.45) is 0.703. The number of non-ortho nitro benzene ring substituents is 1. The Balaban J connectivity index is 2.02. The summed E-state index contributed by atoms with van der Waals surface area (Å²) in [5, 5.41) is 14.0. The van der Waals surface area contributed by atoms with Gasteiger partial charge in [-0.05, 0) is 50.1 Å². The van der Waals surface area contributed by atoms with Crippen molar-refractivity contribution in [2.45, 2.75) is 50.7 Å². The predicted octanol–water partition coefficient (Wildman–Crippen LogP) is 4.12. The van der Waals surface area contributed by atoms with Crippen LogP contribution in [-0.4, -0.2) is 48.7 Å². The van der Waals surface area contributed by atoms with E-state index in [1.54, 1.807) is 25.1 Å². The Morgan fingerprint density at radius 1 is 0.923 bits per heavy atom. The third kappa shape index (κ3) is 7.41. The van der Waals surface area contributed by atoms with Crippen LogP contribution in [0, 0.1) is 10.1 Å². The number of amides is 2. The molecule has 0 saturated carbocycles. The molecule has 0 spiro atoms. The molecule has 3 aromatic rings. The van der Waals surface area contributed by atoms with Gasteiger partial charge in [-0.2, -0.15) is 0 Å². The van der Waals surface area contributed by atoms with E-state index in [0.29, 0.717) is 6.42 Å². The number of carbonyl (C=O) groups is 2. The number of nitro benzene ring substituents is 1. The smallest absolute Gasteiger partial charge is 0.269 e. The molecule has 11 heteroatoms. The van der Waals surface area contributed by atoms with E-state index in [9.17, 15) is 28.1 Å². The van der Waals surface area contributed by atoms with Crippen molar-refractivity contribution in [2.24, 2.45) is 0 Å². The van der Waals surface area contributed by atoms with Crippen molar-refractivity contribution in [3.63, 3.8) is 0 Å². The summed E-state index contributed by atoms with van der Waals surface area (Å²) >= 11 is 0. The van der Waals surface area contributed by atoms with Crippen LogP contribution in [0.3, 0.4) is 0 Å². The molecule has 206 valence electrons. The van der Waals surface area contributed by atoms with Gasteiger partial charge >= 0.3 is 0 Å². The highest BCUT2D eigenvalue weighted by Crippen LogP contribution is 2.26. The molecule has 0 heterocycles. The second-order valence-electron chi connectivity index (χ2n) is 9.10. The first-order valence-corrected chi connectivity index (χ1v) is 13.9. The predicted molar refractivity (Wildman–Crippen MR) is 148 cm³/mol. The zero-order valence-electron chi connectivity index (χ0n) is 22.1. The normalized spacial score (nSPS) is 12.7. The number of nitrogens with zero attached hydrogens (tertiary/aromatic N) is 3. The van der Waals surface area contributed by atoms with Gasteiger partial charge in [0.1, 0.15) is 12.6 Å². The maximum Gasteiger partial charge on any atom is 0.269 e. The molecule has 2 atom stereocenters. The number of anilines is 1. The largest absolute Gasteiger partial charge is 0.352 e. The minimum Gasteiger partial charge on any atom is -0.352 e. The van der Waals surface area contributed by atoms with E-state index in [0.717, 1.165) is 9.87 Å². The Labute approximate surface area is 228 Å². The first-order valence-electron chi connectivity index (χ1n) is 12.5. The fourth-order valence-electron chi connectivity index (χ4n) is 3.82. The summed E-state index contributed by atoms with van der Waals surface area (Å²) in [6.45, 7) is 4.84. The Kier molecular flexibility index (Phi) is 9.78. The Morgan fingerprint density at radius 3 is 2.03 bits per heavy atom. The lowest BCUT2D eigenvalue weighted by Gasteiger charge is -2.32. The highest BCUT2D eigenvalue weighted by molar-refractivity contribution is 7.92. The third-order valence-electron chi connectivity index (χ3n) is 6.32. The van der Waals surface area contributed by atoms with Gasteiger partial charge in [-0.15, -0.1) is 0 Å². The lowest BCUT2D eigenvalue weighted by atomic mass is 10.1. The van der Waals surface area contributed by atoms with Crippen LogP contribution in [-0.2, 0) is 26.2 Å². The number of hydrogen-bond acceptors (Lipinski definition) is 6. The molecule has 1 N–H and O–H groups in total. The van der Waals surface area contributed by atoms with Crippen LogP contribution in [0.1, 0.15) is 32.8 Å². The molecule has 39 heavy (non-hydrogen) atoms. The van der Waals surface area contributed by atoms with E-state index in [2.05, 4.69) is 5.32 Å². The van der Waals surface area contributed by atoms with E-state index in [-0.39, 0.29) is 34.8 Å². The van der Waals surface area contributed by atoms with Crippen LogP contribution in [0.25, 0.3) is 0 Å². The fraction of sp³-hybridized carbons (Fsp3) is 0.286. The van der Waals surface area contributed by atoms with Crippen molar-refractivity contribution in [3.8, 4) is 0 Å².